The lowest BCUT2D eigenvalue weighted by atomic mass is 9.85. The van der Waals surface area contributed by atoms with Crippen LogP contribution in [0.5, 0.6) is 0 Å². The number of hydrogen-bond donors (Lipinski definition) is 0. The first-order chi connectivity index (χ1) is 15.5. The van der Waals surface area contributed by atoms with Crippen molar-refractivity contribution in [1.82, 2.24) is 14.7 Å². The Labute approximate surface area is 189 Å². The molecule has 2 aromatic rings. The fourth-order valence-electron chi connectivity index (χ4n) is 5.80. The molecule has 6 nitrogen and oxygen atoms in total. The maximum Gasteiger partial charge on any atom is 0.327 e. The lowest BCUT2D eigenvalue weighted by molar-refractivity contribution is -0.136. The SMILES string of the molecule is CCN1C(=O)N(C2Cc3ccccc3C2)C(=O)C12CCN(C/C(C)=C/c1ccco1)CC2. The van der Waals surface area contributed by atoms with Crippen molar-refractivity contribution in [3.05, 3.63) is 65.1 Å². The Balaban J connectivity index is 1.29. The molecule has 168 valence electrons. The van der Waals surface area contributed by atoms with Gasteiger partial charge in [-0.1, -0.05) is 29.8 Å². The number of carbonyl (C=O) groups is 2. The summed E-state index contributed by atoms with van der Waals surface area (Å²) < 4.78 is 5.42. The van der Waals surface area contributed by atoms with Crippen molar-refractivity contribution in [2.24, 2.45) is 0 Å². The van der Waals surface area contributed by atoms with Crippen LogP contribution >= 0.6 is 0 Å². The number of amides is 3. The van der Waals surface area contributed by atoms with Gasteiger partial charge in [-0.15, -0.1) is 0 Å². The van der Waals surface area contributed by atoms with Crippen LogP contribution in [0.1, 0.15) is 43.6 Å². The summed E-state index contributed by atoms with van der Waals surface area (Å²) in [7, 11) is 0. The zero-order valence-corrected chi connectivity index (χ0v) is 18.9. The molecular formula is C26H31N3O3. The molecule has 5 rings (SSSR count). The molecule has 2 saturated heterocycles. The summed E-state index contributed by atoms with van der Waals surface area (Å²) in [6, 6.07) is 12.0. The molecule has 6 heteroatoms. The fourth-order valence-corrected chi connectivity index (χ4v) is 5.80. The molecule has 1 aromatic heterocycles. The number of likely N-dealkylation sites (N-methyl/N-ethyl adjacent to an activating group) is 1. The van der Waals surface area contributed by atoms with Gasteiger partial charge in [0.05, 0.1) is 6.26 Å². The maximum atomic E-state index is 13.8. The first-order valence-corrected chi connectivity index (χ1v) is 11.7. The van der Waals surface area contributed by atoms with Gasteiger partial charge in [0.25, 0.3) is 5.91 Å². The van der Waals surface area contributed by atoms with E-state index in [4.69, 9.17) is 4.42 Å². The van der Waals surface area contributed by atoms with Crippen molar-refractivity contribution in [3.8, 4) is 0 Å². The molecule has 3 aliphatic rings. The zero-order chi connectivity index (χ0) is 22.3. The van der Waals surface area contributed by atoms with Crippen LogP contribution in [0.25, 0.3) is 6.08 Å². The van der Waals surface area contributed by atoms with E-state index in [1.54, 1.807) is 11.2 Å². The van der Waals surface area contributed by atoms with E-state index in [0.717, 1.165) is 38.2 Å². The molecule has 0 bridgehead atoms. The number of carbonyl (C=O) groups excluding carboxylic acids is 2. The number of hydrogen-bond acceptors (Lipinski definition) is 4. The first kappa shape index (κ1) is 21.0. The van der Waals surface area contributed by atoms with Crippen molar-refractivity contribution in [2.75, 3.05) is 26.2 Å². The monoisotopic (exact) mass is 433 g/mol. The van der Waals surface area contributed by atoms with Crippen LogP contribution in [0.3, 0.4) is 0 Å². The van der Waals surface area contributed by atoms with Gasteiger partial charge in [-0.25, -0.2) is 4.79 Å². The van der Waals surface area contributed by atoms with Crippen LogP contribution in [0.15, 0.2) is 52.7 Å². The van der Waals surface area contributed by atoms with E-state index in [-0.39, 0.29) is 18.0 Å². The number of fused-ring (bicyclic) bond motifs is 1. The highest BCUT2D eigenvalue weighted by Gasteiger charge is 2.59. The molecule has 0 saturated carbocycles. The number of nitrogens with zero attached hydrogens (tertiary/aromatic N) is 3. The van der Waals surface area contributed by atoms with E-state index >= 15 is 0 Å². The van der Waals surface area contributed by atoms with Crippen LogP contribution in [-0.4, -0.2) is 64.4 Å². The van der Waals surface area contributed by atoms with E-state index in [2.05, 4.69) is 30.0 Å². The van der Waals surface area contributed by atoms with Crippen LogP contribution in [0, 0.1) is 0 Å². The van der Waals surface area contributed by atoms with E-state index in [1.807, 2.05) is 36.1 Å². The van der Waals surface area contributed by atoms with Gasteiger partial charge >= 0.3 is 6.03 Å². The normalized spacial score (nSPS) is 21.8. The van der Waals surface area contributed by atoms with Gasteiger partial charge < -0.3 is 9.32 Å². The molecular weight excluding hydrogens is 402 g/mol. The van der Waals surface area contributed by atoms with E-state index in [0.29, 0.717) is 19.4 Å². The van der Waals surface area contributed by atoms with E-state index < -0.39 is 5.54 Å². The number of rotatable bonds is 5. The highest BCUT2D eigenvalue weighted by atomic mass is 16.3. The van der Waals surface area contributed by atoms with Gasteiger partial charge in [0, 0.05) is 32.2 Å². The average molecular weight is 434 g/mol. The van der Waals surface area contributed by atoms with Crippen LogP contribution < -0.4 is 0 Å². The summed E-state index contributed by atoms with van der Waals surface area (Å²) in [4.78, 5) is 33.0. The smallest absolute Gasteiger partial charge is 0.327 e. The van der Waals surface area contributed by atoms with Gasteiger partial charge in [-0.2, -0.15) is 0 Å². The molecule has 2 aliphatic heterocycles. The second-order valence-electron chi connectivity index (χ2n) is 9.35. The second kappa shape index (κ2) is 8.24. The summed E-state index contributed by atoms with van der Waals surface area (Å²) in [5.41, 5.74) is 3.06. The summed E-state index contributed by atoms with van der Waals surface area (Å²) in [5, 5.41) is 0. The minimum atomic E-state index is -0.685. The number of furan rings is 1. The fraction of sp³-hybridized carbons (Fsp3) is 0.462. The van der Waals surface area contributed by atoms with Gasteiger partial charge in [0.2, 0.25) is 0 Å². The molecule has 0 radical (unpaired) electrons. The molecule has 2 fully saturated rings. The molecule has 1 aromatic carbocycles. The standard InChI is InChI=1S/C26H31N3O3/c1-3-28-25(31)29(22-16-20-7-4-5-8-21(20)17-22)24(30)26(28)10-12-27(13-11-26)18-19(2)15-23-9-6-14-32-23/h4-9,14-15,22H,3,10-13,16-18H2,1-2H3/b19-15+. The predicted octanol–water partition coefficient (Wildman–Crippen LogP) is 3.97. The molecule has 3 heterocycles. The Morgan fingerprint density at radius 3 is 2.38 bits per heavy atom. The number of piperidine rings is 1. The lowest BCUT2D eigenvalue weighted by Crippen LogP contribution is -2.56. The van der Waals surface area contributed by atoms with Crippen molar-refractivity contribution in [2.45, 2.75) is 51.1 Å². The molecule has 0 N–H and O–H groups in total. The van der Waals surface area contributed by atoms with Crippen LogP contribution in [0.2, 0.25) is 0 Å². The Kier molecular flexibility index (Phi) is 5.41. The maximum absolute atomic E-state index is 13.8. The van der Waals surface area contributed by atoms with Crippen LogP contribution in [0.4, 0.5) is 4.79 Å². The third-order valence-corrected chi connectivity index (χ3v) is 7.37. The minimum Gasteiger partial charge on any atom is -0.465 e. The summed E-state index contributed by atoms with van der Waals surface area (Å²) in [5.74, 6) is 0.877. The van der Waals surface area contributed by atoms with Crippen LogP contribution in [-0.2, 0) is 17.6 Å². The third-order valence-electron chi connectivity index (χ3n) is 7.37. The molecule has 0 unspecified atom stereocenters. The Morgan fingerprint density at radius 1 is 1.09 bits per heavy atom. The zero-order valence-electron chi connectivity index (χ0n) is 18.9. The molecule has 3 amide bonds. The van der Waals surface area contributed by atoms with Gasteiger partial charge in [-0.3, -0.25) is 14.6 Å². The summed E-state index contributed by atoms with van der Waals surface area (Å²) in [6.45, 7) is 7.11. The van der Waals surface area contributed by atoms with Crippen molar-refractivity contribution in [3.63, 3.8) is 0 Å². The highest BCUT2D eigenvalue weighted by molar-refractivity contribution is 6.07. The van der Waals surface area contributed by atoms with Gasteiger partial charge in [0.15, 0.2) is 0 Å². The Morgan fingerprint density at radius 2 is 1.78 bits per heavy atom. The Hall–Kier alpha value is -2.86. The molecule has 0 atom stereocenters. The number of benzene rings is 1. The quantitative estimate of drug-likeness (QED) is 0.670. The lowest BCUT2D eigenvalue weighted by Gasteiger charge is -2.42. The largest absolute Gasteiger partial charge is 0.465 e. The molecule has 32 heavy (non-hydrogen) atoms. The summed E-state index contributed by atoms with van der Waals surface area (Å²) >= 11 is 0. The predicted molar refractivity (Wildman–Crippen MR) is 123 cm³/mol. The highest BCUT2D eigenvalue weighted by Crippen LogP contribution is 2.40. The van der Waals surface area contributed by atoms with E-state index in [9.17, 15) is 9.59 Å². The molecule has 1 aliphatic carbocycles. The topological polar surface area (TPSA) is 57.0 Å². The number of likely N-dealkylation sites (tertiary alicyclic amines) is 1. The Bertz CT molecular complexity index is 1010. The van der Waals surface area contributed by atoms with Gasteiger partial charge in [-0.05, 0) is 68.9 Å². The average Bonchev–Trinajstić information content (AvgIpc) is 3.48. The van der Waals surface area contributed by atoms with Crippen molar-refractivity contribution >= 4 is 18.0 Å². The number of urea groups is 1. The minimum absolute atomic E-state index is 0.0182. The third kappa shape index (κ3) is 3.47. The van der Waals surface area contributed by atoms with Crippen molar-refractivity contribution in [1.29, 1.82) is 0 Å². The van der Waals surface area contributed by atoms with Gasteiger partial charge in [0.1, 0.15) is 11.3 Å². The summed E-state index contributed by atoms with van der Waals surface area (Å²) in [6.07, 6.45) is 6.66. The second-order valence-corrected chi connectivity index (χ2v) is 9.35. The van der Waals surface area contributed by atoms with E-state index in [1.165, 1.54) is 16.7 Å². The van der Waals surface area contributed by atoms with Crippen molar-refractivity contribution < 1.29 is 14.0 Å². The first-order valence-electron chi connectivity index (χ1n) is 11.7. The number of imide groups is 1. The molecule has 1 spiro atoms.